The van der Waals surface area contributed by atoms with E-state index in [1.54, 1.807) is 0 Å². The van der Waals surface area contributed by atoms with Crippen molar-refractivity contribution in [1.82, 2.24) is 5.32 Å². The summed E-state index contributed by atoms with van der Waals surface area (Å²) in [5.41, 5.74) is 6.07. The summed E-state index contributed by atoms with van der Waals surface area (Å²) in [5, 5.41) is 3.20. The van der Waals surface area contributed by atoms with Crippen molar-refractivity contribution in [3.05, 3.63) is 12.2 Å². The molecule has 0 aromatic rings. The molecule has 0 radical (unpaired) electrons. The van der Waals surface area contributed by atoms with Crippen LogP contribution in [0, 0.1) is 17.8 Å². The zero-order chi connectivity index (χ0) is 11.8. The Hall–Kier alpha value is -0.830. The number of hydrogen-bond acceptors (Lipinski definition) is 2. The summed E-state index contributed by atoms with van der Waals surface area (Å²) in [5.74, 6) is 1.64. The highest BCUT2D eigenvalue weighted by atomic mass is 16.2. The molecule has 2 fully saturated rings. The number of nitrogens with one attached hydrogen (secondary N) is 1. The van der Waals surface area contributed by atoms with E-state index >= 15 is 0 Å². The lowest BCUT2D eigenvalue weighted by atomic mass is 9.88. The fourth-order valence-corrected chi connectivity index (χ4v) is 3.71. The van der Waals surface area contributed by atoms with E-state index in [0.29, 0.717) is 11.8 Å². The molecule has 3 aliphatic carbocycles. The minimum Gasteiger partial charge on any atom is -0.352 e. The predicted octanol–water partition coefficient (Wildman–Crippen LogP) is 1.58. The van der Waals surface area contributed by atoms with Crippen molar-refractivity contribution in [1.29, 1.82) is 0 Å². The van der Waals surface area contributed by atoms with Crippen molar-refractivity contribution in [2.24, 2.45) is 23.5 Å². The third-order valence-corrected chi connectivity index (χ3v) is 4.76. The van der Waals surface area contributed by atoms with Crippen LogP contribution in [0.4, 0.5) is 0 Å². The first kappa shape index (κ1) is 11.3. The maximum atomic E-state index is 12.2. The van der Waals surface area contributed by atoms with Crippen molar-refractivity contribution in [2.45, 2.75) is 50.6 Å². The van der Waals surface area contributed by atoms with Crippen LogP contribution in [0.5, 0.6) is 0 Å². The molecule has 3 heteroatoms. The zero-order valence-corrected chi connectivity index (χ0v) is 10.3. The van der Waals surface area contributed by atoms with E-state index in [-0.39, 0.29) is 23.9 Å². The van der Waals surface area contributed by atoms with Crippen molar-refractivity contribution in [3.63, 3.8) is 0 Å². The highest BCUT2D eigenvalue weighted by molar-refractivity contribution is 5.80. The molecule has 3 N–H and O–H groups in total. The predicted molar refractivity (Wildman–Crippen MR) is 67.2 cm³/mol. The number of rotatable bonds is 2. The largest absolute Gasteiger partial charge is 0.352 e. The first-order chi connectivity index (χ1) is 8.24. The van der Waals surface area contributed by atoms with Gasteiger partial charge in [0.25, 0.3) is 0 Å². The summed E-state index contributed by atoms with van der Waals surface area (Å²) in [4.78, 5) is 12.2. The van der Waals surface area contributed by atoms with Crippen LogP contribution < -0.4 is 11.1 Å². The Morgan fingerprint density at radius 1 is 1.18 bits per heavy atom. The molecule has 0 aromatic carbocycles. The Morgan fingerprint density at radius 2 is 2.00 bits per heavy atom. The molecular weight excluding hydrogens is 212 g/mol. The van der Waals surface area contributed by atoms with Gasteiger partial charge in [-0.3, -0.25) is 4.79 Å². The number of allylic oxidation sites excluding steroid dienone is 2. The van der Waals surface area contributed by atoms with E-state index in [1.165, 1.54) is 19.3 Å². The third-order valence-electron chi connectivity index (χ3n) is 4.76. The van der Waals surface area contributed by atoms with Gasteiger partial charge in [0.1, 0.15) is 0 Å². The molecule has 3 unspecified atom stereocenters. The quantitative estimate of drug-likeness (QED) is 0.713. The summed E-state index contributed by atoms with van der Waals surface area (Å²) in [6.45, 7) is 0. The summed E-state index contributed by atoms with van der Waals surface area (Å²) < 4.78 is 0. The number of fused-ring (bicyclic) bond motifs is 2. The lowest BCUT2D eigenvalue weighted by Crippen LogP contribution is -2.51. The van der Waals surface area contributed by atoms with Gasteiger partial charge in [-0.2, -0.15) is 0 Å². The van der Waals surface area contributed by atoms with Gasteiger partial charge in [-0.15, -0.1) is 0 Å². The van der Waals surface area contributed by atoms with Crippen LogP contribution in [-0.4, -0.2) is 18.0 Å². The van der Waals surface area contributed by atoms with Crippen molar-refractivity contribution >= 4 is 5.91 Å². The Labute approximate surface area is 103 Å². The lowest BCUT2D eigenvalue weighted by molar-refractivity contribution is -0.126. The summed E-state index contributed by atoms with van der Waals surface area (Å²) in [6, 6.07) is 0.390. The van der Waals surface area contributed by atoms with Gasteiger partial charge in [0, 0.05) is 18.0 Å². The van der Waals surface area contributed by atoms with Crippen LogP contribution in [0.2, 0.25) is 0 Å². The second-order valence-electron chi connectivity index (χ2n) is 5.95. The Kier molecular flexibility index (Phi) is 2.95. The molecule has 3 aliphatic rings. The molecule has 0 aromatic heterocycles. The highest BCUT2D eigenvalue weighted by Gasteiger charge is 2.40. The van der Waals surface area contributed by atoms with E-state index in [9.17, 15) is 4.79 Å². The van der Waals surface area contributed by atoms with E-state index in [0.717, 1.165) is 19.3 Å². The maximum absolute atomic E-state index is 12.2. The van der Waals surface area contributed by atoms with Crippen LogP contribution in [0.1, 0.15) is 38.5 Å². The summed E-state index contributed by atoms with van der Waals surface area (Å²) >= 11 is 0. The SMILES string of the molecule is N[C@@H]1CCCC[C@H]1NC(=O)C1CC2C=CC1C2. The fraction of sp³-hybridized carbons (Fsp3) is 0.786. The molecule has 0 spiro atoms. The van der Waals surface area contributed by atoms with Gasteiger partial charge < -0.3 is 11.1 Å². The van der Waals surface area contributed by atoms with Crippen LogP contribution in [0.3, 0.4) is 0 Å². The number of nitrogens with two attached hydrogens (primary N) is 1. The van der Waals surface area contributed by atoms with Crippen LogP contribution in [0.25, 0.3) is 0 Å². The molecule has 17 heavy (non-hydrogen) atoms. The first-order valence-corrected chi connectivity index (χ1v) is 6.98. The number of carbonyl (C=O) groups is 1. The molecule has 3 rings (SSSR count). The minimum absolute atomic E-state index is 0.168. The standard InChI is InChI=1S/C14H22N2O/c15-12-3-1-2-4-13(12)16-14(17)11-8-9-5-6-10(11)7-9/h5-6,9-13H,1-4,7-8,15H2,(H,16,17)/t9?,10?,11?,12-,13-/m1/s1. The van der Waals surface area contributed by atoms with Crippen molar-refractivity contribution < 1.29 is 4.79 Å². The van der Waals surface area contributed by atoms with Gasteiger partial charge in [0.2, 0.25) is 5.91 Å². The minimum atomic E-state index is 0.168. The Balaban J connectivity index is 1.58. The van der Waals surface area contributed by atoms with Gasteiger partial charge in [0.15, 0.2) is 0 Å². The topological polar surface area (TPSA) is 55.1 Å². The van der Waals surface area contributed by atoms with Crippen LogP contribution >= 0.6 is 0 Å². The molecule has 5 atom stereocenters. The van der Waals surface area contributed by atoms with Gasteiger partial charge >= 0.3 is 0 Å². The Bertz CT molecular complexity index is 339. The van der Waals surface area contributed by atoms with Gasteiger partial charge in [0.05, 0.1) is 0 Å². The summed E-state index contributed by atoms with van der Waals surface area (Å²) in [6.07, 6.45) is 11.3. The molecule has 0 aliphatic heterocycles. The van der Waals surface area contributed by atoms with Crippen LogP contribution in [-0.2, 0) is 4.79 Å². The third kappa shape index (κ3) is 2.13. The maximum Gasteiger partial charge on any atom is 0.223 e. The van der Waals surface area contributed by atoms with E-state index in [4.69, 9.17) is 5.73 Å². The fourth-order valence-electron chi connectivity index (χ4n) is 3.71. The first-order valence-electron chi connectivity index (χ1n) is 6.98. The van der Waals surface area contributed by atoms with E-state index in [2.05, 4.69) is 17.5 Å². The molecular formula is C14H22N2O. The number of amides is 1. The number of hydrogen-bond donors (Lipinski definition) is 2. The second kappa shape index (κ2) is 4.45. The molecule has 2 saturated carbocycles. The van der Waals surface area contributed by atoms with Crippen molar-refractivity contribution in [3.8, 4) is 0 Å². The molecule has 1 amide bonds. The molecule has 0 saturated heterocycles. The van der Waals surface area contributed by atoms with Crippen LogP contribution in [0.15, 0.2) is 12.2 Å². The highest BCUT2D eigenvalue weighted by Crippen LogP contribution is 2.43. The normalized spacial score (nSPS) is 43.9. The average molecular weight is 234 g/mol. The molecule has 94 valence electrons. The van der Waals surface area contributed by atoms with E-state index < -0.39 is 0 Å². The molecule has 0 heterocycles. The van der Waals surface area contributed by atoms with Gasteiger partial charge in [-0.05, 0) is 37.5 Å². The number of carbonyl (C=O) groups excluding carboxylic acids is 1. The second-order valence-corrected chi connectivity index (χ2v) is 5.95. The average Bonchev–Trinajstić information content (AvgIpc) is 2.94. The van der Waals surface area contributed by atoms with Gasteiger partial charge in [-0.25, -0.2) is 0 Å². The monoisotopic (exact) mass is 234 g/mol. The Morgan fingerprint density at radius 3 is 2.65 bits per heavy atom. The molecule has 2 bridgehead atoms. The summed E-state index contributed by atoms with van der Waals surface area (Å²) in [7, 11) is 0. The lowest BCUT2D eigenvalue weighted by Gasteiger charge is -2.31. The van der Waals surface area contributed by atoms with Gasteiger partial charge in [-0.1, -0.05) is 25.0 Å². The van der Waals surface area contributed by atoms with E-state index in [1.807, 2.05) is 0 Å². The smallest absolute Gasteiger partial charge is 0.223 e. The zero-order valence-electron chi connectivity index (χ0n) is 10.3. The molecule has 3 nitrogen and oxygen atoms in total. The van der Waals surface area contributed by atoms with Crippen molar-refractivity contribution in [2.75, 3.05) is 0 Å².